The van der Waals surface area contributed by atoms with Crippen LogP contribution in [0.4, 0.5) is 4.39 Å². The standard InChI is InChI=1S/C15H12FN3O3/c1-21-15(20)10-2-7-14-17-13(18-19(14)8-10)9-22-12-5-3-11(16)4-6-12/h2-8H,9H2,1H3. The smallest absolute Gasteiger partial charge is 0.339 e. The normalized spacial score (nSPS) is 10.6. The van der Waals surface area contributed by atoms with Gasteiger partial charge in [-0.2, -0.15) is 0 Å². The van der Waals surface area contributed by atoms with Gasteiger partial charge in [0.15, 0.2) is 11.5 Å². The predicted octanol–water partition coefficient (Wildman–Crippen LogP) is 2.23. The number of hydrogen-bond donors (Lipinski definition) is 0. The molecule has 0 N–H and O–H groups in total. The van der Waals surface area contributed by atoms with E-state index in [0.29, 0.717) is 22.8 Å². The number of halogens is 1. The third-order valence-corrected chi connectivity index (χ3v) is 2.98. The second-order valence-electron chi connectivity index (χ2n) is 4.48. The Morgan fingerprint density at radius 2 is 2.00 bits per heavy atom. The number of aromatic nitrogens is 3. The van der Waals surface area contributed by atoms with E-state index in [1.165, 1.54) is 42.1 Å². The van der Waals surface area contributed by atoms with E-state index in [4.69, 9.17) is 4.74 Å². The number of methoxy groups -OCH3 is 1. The lowest BCUT2D eigenvalue weighted by Gasteiger charge is -2.02. The van der Waals surface area contributed by atoms with Crippen LogP contribution in [0.1, 0.15) is 16.2 Å². The van der Waals surface area contributed by atoms with E-state index in [-0.39, 0.29) is 12.4 Å². The van der Waals surface area contributed by atoms with Crippen LogP contribution in [-0.4, -0.2) is 27.7 Å². The van der Waals surface area contributed by atoms with Crippen LogP contribution in [0.15, 0.2) is 42.6 Å². The first-order chi connectivity index (χ1) is 10.7. The molecule has 0 spiro atoms. The van der Waals surface area contributed by atoms with Gasteiger partial charge >= 0.3 is 5.97 Å². The fourth-order valence-corrected chi connectivity index (χ4v) is 1.91. The third kappa shape index (κ3) is 2.88. The Morgan fingerprint density at radius 1 is 1.23 bits per heavy atom. The fourth-order valence-electron chi connectivity index (χ4n) is 1.91. The van der Waals surface area contributed by atoms with Gasteiger partial charge in [-0.1, -0.05) is 0 Å². The van der Waals surface area contributed by atoms with Crippen molar-refractivity contribution in [2.45, 2.75) is 6.61 Å². The molecule has 0 radical (unpaired) electrons. The molecule has 0 aliphatic heterocycles. The number of carbonyl (C=O) groups excluding carboxylic acids is 1. The molecule has 1 aromatic carbocycles. The quantitative estimate of drug-likeness (QED) is 0.691. The minimum Gasteiger partial charge on any atom is -0.486 e. The van der Waals surface area contributed by atoms with Gasteiger partial charge in [0.1, 0.15) is 18.2 Å². The predicted molar refractivity (Wildman–Crippen MR) is 75.1 cm³/mol. The molecular formula is C15H12FN3O3. The van der Waals surface area contributed by atoms with Gasteiger partial charge in [-0.15, -0.1) is 5.10 Å². The van der Waals surface area contributed by atoms with Gasteiger partial charge in [-0.25, -0.2) is 18.7 Å². The Kier molecular flexibility index (Phi) is 3.69. The highest BCUT2D eigenvalue weighted by atomic mass is 19.1. The van der Waals surface area contributed by atoms with E-state index in [1.807, 2.05) is 0 Å². The topological polar surface area (TPSA) is 65.7 Å². The van der Waals surface area contributed by atoms with Crippen molar-refractivity contribution in [3.63, 3.8) is 0 Å². The zero-order chi connectivity index (χ0) is 15.5. The van der Waals surface area contributed by atoms with E-state index in [1.54, 1.807) is 12.1 Å². The summed E-state index contributed by atoms with van der Waals surface area (Å²) in [6, 6.07) is 8.96. The molecule has 112 valence electrons. The zero-order valence-electron chi connectivity index (χ0n) is 11.7. The molecule has 0 aliphatic carbocycles. The lowest BCUT2D eigenvalue weighted by molar-refractivity contribution is 0.0600. The molecule has 22 heavy (non-hydrogen) atoms. The molecule has 0 unspecified atom stereocenters. The van der Waals surface area contributed by atoms with Crippen molar-refractivity contribution in [3.8, 4) is 5.75 Å². The Morgan fingerprint density at radius 3 is 2.73 bits per heavy atom. The van der Waals surface area contributed by atoms with Gasteiger partial charge in [-0.3, -0.25) is 0 Å². The lowest BCUT2D eigenvalue weighted by Crippen LogP contribution is -2.03. The maximum atomic E-state index is 12.8. The van der Waals surface area contributed by atoms with Crippen molar-refractivity contribution >= 4 is 11.6 Å². The number of esters is 1. The Labute approximate surface area is 125 Å². The molecule has 0 saturated heterocycles. The molecule has 0 atom stereocenters. The van der Waals surface area contributed by atoms with Crippen LogP contribution in [0.5, 0.6) is 5.75 Å². The third-order valence-electron chi connectivity index (χ3n) is 2.98. The monoisotopic (exact) mass is 301 g/mol. The van der Waals surface area contributed by atoms with Crippen molar-refractivity contribution < 1.29 is 18.7 Å². The van der Waals surface area contributed by atoms with Crippen LogP contribution in [0.2, 0.25) is 0 Å². The number of rotatable bonds is 4. The second-order valence-corrected chi connectivity index (χ2v) is 4.48. The van der Waals surface area contributed by atoms with E-state index in [9.17, 15) is 9.18 Å². The van der Waals surface area contributed by atoms with Gasteiger partial charge < -0.3 is 9.47 Å². The first kappa shape index (κ1) is 14.0. The average molecular weight is 301 g/mol. The summed E-state index contributed by atoms with van der Waals surface area (Å²) >= 11 is 0. The van der Waals surface area contributed by atoms with Crippen LogP contribution in [-0.2, 0) is 11.3 Å². The SMILES string of the molecule is COC(=O)c1ccc2nc(COc3ccc(F)cc3)nn2c1. The largest absolute Gasteiger partial charge is 0.486 e. The highest BCUT2D eigenvalue weighted by molar-refractivity contribution is 5.89. The van der Waals surface area contributed by atoms with Crippen LogP contribution in [0.3, 0.4) is 0 Å². The summed E-state index contributed by atoms with van der Waals surface area (Å²) < 4.78 is 24.4. The zero-order valence-corrected chi connectivity index (χ0v) is 11.7. The molecule has 7 heteroatoms. The lowest BCUT2D eigenvalue weighted by atomic mass is 10.3. The van der Waals surface area contributed by atoms with Crippen LogP contribution >= 0.6 is 0 Å². The molecular weight excluding hydrogens is 289 g/mol. The maximum absolute atomic E-state index is 12.8. The van der Waals surface area contributed by atoms with Crippen molar-refractivity contribution in [1.29, 1.82) is 0 Å². The van der Waals surface area contributed by atoms with E-state index < -0.39 is 5.97 Å². The number of ether oxygens (including phenoxy) is 2. The van der Waals surface area contributed by atoms with Crippen LogP contribution in [0.25, 0.3) is 5.65 Å². The number of pyridine rings is 1. The molecule has 0 aliphatic rings. The number of hydrogen-bond acceptors (Lipinski definition) is 5. The van der Waals surface area contributed by atoms with Gasteiger partial charge in [0.05, 0.1) is 12.7 Å². The summed E-state index contributed by atoms with van der Waals surface area (Å²) in [5.41, 5.74) is 0.969. The molecule has 0 bridgehead atoms. The van der Waals surface area contributed by atoms with Crippen molar-refractivity contribution in [3.05, 3.63) is 59.8 Å². The highest BCUT2D eigenvalue weighted by Crippen LogP contribution is 2.13. The van der Waals surface area contributed by atoms with E-state index in [0.717, 1.165) is 0 Å². The minimum atomic E-state index is -0.443. The van der Waals surface area contributed by atoms with Gasteiger partial charge in [0.2, 0.25) is 0 Å². The summed E-state index contributed by atoms with van der Waals surface area (Å²) in [6.07, 6.45) is 1.54. The first-order valence-electron chi connectivity index (χ1n) is 6.48. The maximum Gasteiger partial charge on any atom is 0.339 e. The Balaban J connectivity index is 1.77. The van der Waals surface area contributed by atoms with Gasteiger partial charge in [0, 0.05) is 6.20 Å². The van der Waals surface area contributed by atoms with Gasteiger partial charge in [-0.05, 0) is 36.4 Å². The molecule has 0 amide bonds. The molecule has 2 aromatic heterocycles. The Bertz CT molecular complexity index is 815. The molecule has 0 saturated carbocycles. The summed E-state index contributed by atoms with van der Waals surface area (Å²) in [7, 11) is 1.32. The summed E-state index contributed by atoms with van der Waals surface area (Å²) in [5, 5.41) is 4.22. The highest BCUT2D eigenvalue weighted by Gasteiger charge is 2.09. The van der Waals surface area contributed by atoms with Crippen molar-refractivity contribution in [1.82, 2.24) is 14.6 Å². The molecule has 0 fully saturated rings. The number of nitrogens with zero attached hydrogens (tertiary/aromatic N) is 3. The first-order valence-corrected chi connectivity index (χ1v) is 6.48. The Hall–Kier alpha value is -2.96. The summed E-state index contributed by atoms with van der Waals surface area (Å²) in [5.74, 6) is 0.205. The van der Waals surface area contributed by atoms with Gasteiger partial charge in [0.25, 0.3) is 0 Å². The molecule has 3 rings (SSSR count). The molecule has 3 aromatic rings. The van der Waals surface area contributed by atoms with Crippen LogP contribution < -0.4 is 4.74 Å². The van der Waals surface area contributed by atoms with Crippen molar-refractivity contribution in [2.24, 2.45) is 0 Å². The summed E-state index contributed by atoms with van der Waals surface area (Å²) in [4.78, 5) is 15.7. The average Bonchev–Trinajstić information content (AvgIpc) is 2.95. The molecule has 2 heterocycles. The van der Waals surface area contributed by atoms with E-state index >= 15 is 0 Å². The summed E-state index contributed by atoms with van der Waals surface area (Å²) in [6.45, 7) is 0.140. The van der Waals surface area contributed by atoms with Crippen molar-refractivity contribution in [2.75, 3.05) is 7.11 Å². The fraction of sp³-hybridized carbons (Fsp3) is 0.133. The van der Waals surface area contributed by atoms with E-state index in [2.05, 4.69) is 14.8 Å². The minimum absolute atomic E-state index is 0.140. The van der Waals surface area contributed by atoms with Crippen LogP contribution in [0, 0.1) is 5.82 Å². The number of benzene rings is 1. The number of carbonyl (C=O) groups is 1. The second kappa shape index (κ2) is 5.80. The number of fused-ring (bicyclic) bond motifs is 1. The molecule has 6 nitrogen and oxygen atoms in total.